The second kappa shape index (κ2) is 7.26. The van der Waals surface area contributed by atoms with Crippen molar-refractivity contribution in [1.82, 2.24) is 4.72 Å². The number of hydrogen-bond acceptors (Lipinski definition) is 3. The monoisotopic (exact) mass is 373 g/mol. The Morgan fingerprint density at radius 1 is 1.00 bits per heavy atom. The van der Waals surface area contributed by atoms with Crippen LogP contribution in [0.4, 0.5) is 0 Å². The van der Waals surface area contributed by atoms with Crippen LogP contribution in [0.1, 0.15) is 54.0 Å². The SMILES string of the molecule is Cc1ccc(S(=O)N[C@H]([C@@H](C)S(=O)(=O)C(C)(C)C)C(C)(C)C)cc1. The van der Waals surface area contributed by atoms with Crippen LogP contribution >= 0.6 is 0 Å². The van der Waals surface area contributed by atoms with Gasteiger partial charge in [-0.1, -0.05) is 38.5 Å². The molecule has 4 nitrogen and oxygen atoms in total. The maximum Gasteiger partial charge on any atom is 0.159 e. The molecule has 0 radical (unpaired) electrons. The average Bonchev–Trinajstić information content (AvgIpc) is 2.42. The highest BCUT2D eigenvalue weighted by Gasteiger charge is 2.43. The Bertz CT molecular complexity index is 680. The first-order chi connectivity index (χ1) is 10.7. The number of aryl methyl sites for hydroxylation is 1. The van der Waals surface area contributed by atoms with E-state index >= 15 is 0 Å². The fourth-order valence-corrected chi connectivity index (χ4v) is 5.90. The number of sulfone groups is 1. The molecule has 6 heteroatoms. The minimum absolute atomic E-state index is 0.363. The Hall–Kier alpha value is -0.720. The number of hydrogen-bond donors (Lipinski definition) is 1. The molecule has 1 N–H and O–H groups in total. The molecule has 1 rings (SSSR count). The van der Waals surface area contributed by atoms with Crippen LogP contribution < -0.4 is 4.72 Å². The Labute approximate surface area is 149 Å². The van der Waals surface area contributed by atoms with Crippen molar-refractivity contribution in [1.29, 1.82) is 0 Å². The molecule has 138 valence electrons. The highest BCUT2D eigenvalue weighted by atomic mass is 32.2. The van der Waals surface area contributed by atoms with Gasteiger partial charge in [-0.05, 0) is 52.2 Å². The molecule has 0 aliphatic rings. The van der Waals surface area contributed by atoms with E-state index in [0.29, 0.717) is 4.90 Å². The van der Waals surface area contributed by atoms with E-state index in [4.69, 9.17) is 0 Å². The van der Waals surface area contributed by atoms with Gasteiger partial charge in [0.2, 0.25) is 0 Å². The molecule has 0 heterocycles. The van der Waals surface area contributed by atoms with Crippen LogP contribution in [0.25, 0.3) is 0 Å². The van der Waals surface area contributed by atoms with Gasteiger partial charge in [0.15, 0.2) is 9.84 Å². The summed E-state index contributed by atoms with van der Waals surface area (Å²) in [6, 6.07) is 6.97. The molecule has 0 fully saturated rings. The van der Waals surface area contributed by atoms with E-state index in [1.807, 2.05) is 39.8 Å². The summed E-state index contributed by atoms with van der Waals surface area (Å²) in [5, 5.41) is -0.660. The van der Waals surface area contributed by atoms with Gasteiger partial charge in [0.05, 0.1) is 14.9 Å². The van der Waals surface area contributed by atoms with Crippen LogP contribution in [0.15, 0.2) is 29.2 Å². The smallest absolute Gasteiger partial charge is 0.159 e. The van der Waals surface area contributed by atoms with Crippen LogP contribution in [0.5, 0.6) is 0 Å². The summed E-state index contributed by atoms with van der Waals surface area (Å²) in [4.78, 5) is 0.648. The summed E-state index contributed by atoms with van der Waals surface area (Å²) < 4.78 is 40.6. The van der Waals surface area contributed by atoms with Crippen molar-refractivity contribution in [3.05, 3.63) is 29.8 Å². The molecule has 1 aromatic rings. The molecular formula is C18H31NO3S2. The van der Waals surface area contributed by atoms with E-state index in [-0.39, 0.29) is 5.41 Å². The predicted molar refractivity (Wildman–Crippen MR) is 102 cm³/mol. The van der Waals surface area contributed by atoms with Crippen LogP contribution in [-0.2, 0) is 20.8 Å². The summed E-state index contributed by atoms with van der Waals surface area (Å²) in [5.74, 6) is 0. The van der Waals surface area contributed by atoms with Gasteiger partial charge in [0.1, 0.15) is 11.0 Å². The normalized spacial score (nSPS) is 17.3. The van der Waals surface area contributed by atoms with Gasteiger partial charge < -0.3 is 0 Å². The van der Waals surface area contributed by atoms with Crippen molar-refractivity contribution in [2.75, 3.05) is 0 Å². The zero-order chi connectivity index (χ0) is 18.9. The molecule has 0 aliphatic heterocycles. The second-order valence-electron chi connectivity index (χ2n) is 8.41. The van der Waals surface area contributed by atoms with Gasteiger partial charge in [-0.25, -0.2) is 17.3 Å². The third-order valence-electron chi connectivity index (χ3n) is 4.21. The summed E-state index contributed by atoms with van der Waals surface area (Å²) in [5.41, 5.74) is 0.727. The third-order valence-corrected chi connectivity index (χ3v) is 8.34. The average molecular weight is 374 g/mol. The van der Waals surface area contributed by atoms with E-state index in [2.05, 4.69) is 4.72 Å². The minimum Gasteiger partial charge on any atom is -0.237 e. The molecule has 1 unspecified atom stereocenters. The maximum atomic E-state index is 12.9. The zero-order valence-corrected chi connectivity index (χ0v) is 17.6. The van der Waals surface area contributed by atoms with Crippen LogP contribution in [0.2, 0.25) is 0 Å². The standard InChI is InChI=1S/C18H31NO3S2/c1-13-9-11-15(12-10-13)23(20)19-16(17(3,4)5)14(2)24(21,22)18(6,7)8/h9-12,14,16,19H,1-8H3/t14-,16-,23?/m1/s1. The van der Waals surface area contributed by atoms with Gasteiger partial charge in [0.25, 0.3) is 0 Å². The molecule has 3 atom stereocenters. The lowest BCUT2D eigenvalue weighted by Crippen LogP contribution is -2.54. The van der Waals surface area contributed by atoms with E-state index < -0.39 is 36.9 Å². The Morgan fingerprint density at radius 2 is 1.46 bits per heavy atom. The van der Waals surface area contributed by atoms with Crippen molar-refractivity contribution >= 4 is 20.8 Å². The van der Waals surface area contributed by atoms with Crippen LogP contribution in [0.3, 0.4) is 0 Å². The first kappa shape index (κ1) is 21.3. The van der Waals surface area contributed by atoms with Crippen molar-refractivity contribution < 1.29 is 12.6 Å². The third kappa shape index (κ3) is 4.90. The first-order valence-corrected chi connectivity index (χ1v) is 10.9. The Morgan fingerprint density at radius 3 is 1.83 bits per heavy atom. The number of rotatable bonds is 5. The van der Waals surface area contributed by atoms with E-state index in [0.717, 1.165) is 5.56 Å². The van der Waals surface area contributed by atoms with Crippen molar-refractivity contribution in [2.24, 2.45) is 5.41 Å². The fourth-order valence-electron chi connectivity index (χ4n) is 2.56. The van der Waals surface area contributed by atoms with Gasteiger partial charge >= 0.3 is 0 Å². The number of nitrogens with one attached hydrogen (secondary N) is 1. The zero-order valence-electron chi connectivity index (χ0n) is 16.0. The number of benzene rings is 1. The highest BCUT2D eigenvalue weighted by molar-refractivity contribution is 7.93. The lowest BCUT2D eigenvalue weighted by Gasteiger charge is -2.38. The largest absolute Gasteiger partial charge is 0.237 e. The molecule has 0 amide bonds. The quantitative estimate of drug-likeness (QED) is 0.857. The Kier molecular flexibility index (Phi) is 6.45. The van der Waals surface area contributed by atoms with Gasteiger partial charge in [0, 0.05) is 6.04 Å². The molecule has 0 aromatic heterocycles. The summed E-state index contributed by atoms with van der Waals surface area (Å²) in [7, 11) is -4.86. The first-order valence-electron chi connectivity index (χ1n) is 8.16. The van der Waals surface area contributed by atoms with Crippen molar-refractivity contribution in [2.45, 2.75) is 76.3 Å². The molecule has 0 saturated carbocycles. The van der Waals surface area contributed by atoms with Crippen molar-refractivity contribution in [3.63, 3.8) is 0 Å². The molecule has 0 spiro atoms. The van der Waals surface area contributed by atoms with Crippen molar-refractivity contribution in [3.8, 4) is 0 Å². The van der Waals surface area contributed by atoms with Crippen LogP contribution in [-0.4, -0.2) is 28.7 Å². The molecule has 0 saturated heterocycles. The van der Waals surface area contributed by atoms with Gasteiger partial charge in [-0.3, -0.25) is 0 Å². The molecule has 1 aromatic carbocycles. The van der Waals surface area contributed by atoms with Crippen LogP contribution in [0, 0.1) is 12.3 Å². The second-order valence-corrected chi connectivity index (χ2v) is 12.7. The summed E-state index contributed by atoms with van der Waals surface area (Å²) in [6.45, 7) is 14.7. The topological polar surface area (TPSA) is 63.2 Å². The molecule has 0 aliphatic carbocycles. The van der Waals surface area contributed by atoms with E-state index in [1.165, 1.54) is 0 Å². The van der Waals surface area contributed by atoms with E-state index in [9.17, 15) is 12.6 Å². The minimum atomic E-state index is -3.39. The lowest BCUT2D eigenvalue weighted by molar-refractivity contribution is 0.294. The Balaban J connectivity index is 3.16. The van der Waals surface area contributed by atoms with E-state index in [1.54, 1.807) is 39.8 Å². The molecular weight excluding hydrogens is 342 g/mol. The maximum absolute atomic E-state index is 12.9. The highest BCUT2D eigenvalue weighted by Crippen LogP contribution is 2.31. The molecule has 24 heavy (non-hydrogen) atoms. The molecule has 0 bridgehead atoms. The fraction of sp³-hybridized carbons (Fsp3) is 0.667. The predicted octanol–water partition coefficient (Wildman–Crippen LogP) is 3.62. The van der Waals surface area contributed by atoms with Gasteiger partial charge in [-0.2, -0.15) is 0 Å². The van der Waals surface area contributed by atoms with Gasteiger partial charge in [-0.15, -0.1) is 0 Å². The summed E-state index contributed by atoms with van der Waals surface area (Å²) in [6.07, 6.45) is 0. The lowest BCUT2D eigenvalue weighted by atomic mass is 9.86. The summed E-state index contributed by atoms with van der Waals surface area (Å²) >= 11 is 0.